The first-order valence-corrected chi connectivity index (χ1v) is 8.13. The van der Waals surface area contributed by atoms with Crippen LogP contribution in [0.1, 0.15) is 25.7 Å². The summed E-state index contributed by atoms with van der Waals surface area (Å²) < 4.78 is 4.73. The summed E-state index contributed by atoms with van der Waals surface area (Å²) in [5.74, 6) is -1.84. The minimum atomic E-state index is -0.921. The zero-order chi connectivity index (χ0) is 16.5. The molecule has 0 bridgehead atoms. The number of hydrogen-bond acceptors (Lipinski definition) is 6. The van der Waals surface area contributed by atoms with Gasteiger partial charge in [0.05, 0.1) is 13.2 Å². The largest absolute Gasteiger partial charge is 0.468 e. The lowest BCUT2D eigenvalue weighted by Crippen LogP contribution is -2.25. The molecular formula is C16H17N3O2S. The highest BCUT2D eigenvalue weighted by atomic mass is 32.2. The van der Waals surface area contributed by atoms with E-state index in [2.05, 4.69) is 0 Å². The van der Waals surface area contributed by atoms with Gasteiger partial charge in [0.25, 0.3) is 0 Å². The van der Waals surface area contributed by atoms with Gasteiger partial charge in [-0.15, -0.1) is 11.8 Å². The summed E-state index contributed by atoms with van der Waals surface area (Å²) in [5, 5.41) is 27.6. The van der Waals surface area contributed by atoms with Crippen LogP contribution in [0.3, 0.4) is 0 Å². The van der Waals surface area contributed by atoms with Crippen molar-refractivity contribution >= 4 is 17.7 Å². The number of ether oxygens (including phenoxy) is 1. The van der Waals surface area contributed by atoms with Gasteiger partial charge in [-0.25, -0.2) is 0 Å². The molecular weight excluding hydrogens is 298 g/mol. The molecule has 0 saturated carbocycles. The van der Waals surface area contributed by atoms with E-state index >= 15 is 0 Å². The van der Waals surface area contributed by atoms with Gasteiger partial charge in [0, 0.05) is 10.8 Å². The topological polar surface area (TPSA) is 97.7 Å². The summed E-state index contributed by atoms with van der Waals surface area (Å²) in [5.41, 5.74) is 0.771. The van der Waals surface area contributed by atoms with Gasteiger partial charge < -0.3 is 4.74 Å². The molecule has 5 nitrogen and oxygen atoms in total. The second-order valence-corrected chi connectivity index (χ2v) is 5.63. The lowest BCUT2D eigenvalue weighted by Gasteiger charge is -2.23. The molecule has 1 aliphatic rings. The number of rotatable bonds is 4. The molecule has 6 heteroatoms. The fourth-order valence-corrected chi connectivity index (χ4v) is 3.37. The normalized spacial score (nSPS) is 18.5. The fourth-order valence-electron chi connectivity index (χ4n) is 2.61. The van der Waals surface area contributed by atoms with Crippen LogP contribution in [0.5, 0.6) is 0 Å². The first kappa shape index (κ1) is 17.8. The lowest BCUT2D eigenvalue weighted by atomic mass is 9.83. The highest BCUT2D eigenvalue weighted by Crippen LogP contribution is 2.39. The number of esters is 1. The Labute approximate surface area is 134 Å². The second-order valence-electron chi connectivity index (χ2n) is 4.81. The van der Waals surface area contributed by atoms with Gasteiger partial charge in [-0.05, 0) is 31.1 Å². The van der Waals surface area contributed by atoms with Crippen molar-refractivity contribution < 1.29 is 9.53 Å². The smallest absolute Gasteiger partial charge is 0.323 e. The summed E-state index contributed by atoms with van der Waals surface area (Å²) >= 11 is 1.30. The average molecular weight is 315 g/mol. The zero-order valence-electron chi connectivity index (χ0n) is 12.6. The predicted octanol–water partition coefficient (Wildman–Crippen LogP) is 3.08. The van der Waals surface area contributed by atoms with Crippen LogP contribution in [-0.2, 0) is 9.53 Å². The van der Waals surface area contributed by atoms with Gasteiger partial charge >= 0.3 is 5.97 Å². The summed E-state index contributed by atoms with van der Waals surface area (Å²) in [4.78, 5) is 12.5. The number of nitrogens with zero attached hydrogens (tertiary/aromatic N) is 3. The van der Waals surface area contributed by atoms with Crippen molar-refractivity contribution in [2.45, 2.75) is 25.7 Å². The number of carbonyl (C=O) groups excluding carboxylic acids is 1. The first-order valence-electron chi connectivity index (χ1n) is 6.90. The Morgan fingerprint density at radius 1 is 1.36 bits per heavy atom. The van der Waals surface area contributed by atoms with Crippen LogP contribution < -0.4 is 0 Å². The molecule has 0 saturated heterocycles. The molecule has 22 heavy (non-hydrogen) atoms. The number of allylic oxidation sites excluding steroid dienone is 3. The molecule has 0 radical (unpaired) electrons. The van der Waals surface area contributed by atoms with E-state index in [1.807, 2.05) is 24.3 Å². The standard InChI is InChI=1S/C16H17N3O2S/c1-21-16(20)14(10-19)12-6-4-3-5-7-13(12)15(22-2)11(8-17)9-18/h7,12,14H,3-6H2,1-2H3. The molecule has 0 amide bonds. The molecule has 2 unspecified atom stereocenters. The van der Waals surface area contributed by atoms with Gasteiger partial charge in [-0.1, -0.05) is 12.5 Å². The molecule has 1 rings (SSSR count). The quantitative estimate of drug-likeness (QED) is 0.584. The highest BCUT2D eigenvalue weighted by molar-refractivity contribution is 8.02. The fraction of sp³-hybridized carbons (Fsp3) is 0.500. The van der Waals surface area contributed by atoms with E-state index in [4.69, 9.17) is 15.3 Å². The van der Waals surface area contributed by atoms with E-state index in [0.717, 1.165) is 24.8 Å². The highest BCUT2D eigenvalue weighted by Gasteiger charge is 2.34. The SMILES string of the molecule is COC(=O)C(C#N)C1CCCCC=C1C(SC)=C(C#N)C#N. The van der Waals surface area contributed by atoms with Crippen molar-refractivity contribution in [1.29, 1.82) is 15.8 Å². The molecule has 0 fully saturated rings. The van der Waals surface area contributed by atoms with Crippen LogP contribution in [0.2, 0.25) is 0 Å². The maximum atomic E-state index is 11.9. The Balaban J connectivity index is 3.39. The predicted molar refractivity (Wildman–Crippen MR) is 82.9 cm³/mol. The van der Waals surface area contributed by atoms with Crippen molar-refractivity contribution in [2.24, 2.45) is 11.8 Å². The van der Waals surface area contributed by atoms with E-state index in [9.17, 15) is 10.1 Å². The van der Waals surface area contributed by atoms with Crippen LogP contribution in [-0.4, -0.2) is 19.3 Å². The number of methoxy groups -OCH3 is 1. The average Bonchev–Trinajstić information content (AvgIpc) is 2.79. The molecule has 0 heterocycles. The van der Waals surface area contributed by atoms with Crippen molar-refractivity contribution in [3.05, 3.63) is 22.1 Å². The summed E-state index contributed by atoms with van der Waals surface area (Å²) in [6.45, 7) is 0. The summed E-state index contributed by atoms with van der Waals surface area (Å²) in [7, 11) is 1.26. The Kier molecular flexibility index (Phi) is 7.23. The van der Waals surface area contributed by atoms with Gasteiger partial charge in [0.2, 0.25) is 0 Å². The van der Waals surface area contributed by atoms with Crippen molar-refractivity contribution in [1.82, 2.24) is 0 Å². The number of nitriles is 3. The van der Waals surface area contributed by atoms with Gasteiger partial charge in [-0.3, -0.25) is 4.79 Å². The van der Waals surface area contributed by atoms with E-state index in [1.165, 1.54) is 18.9 Å². The Morgan fingerprint density at radius 3 is 2.55 bits per heavy atom. The van der Waals surface area contributed by atoms with E-state index in [-0.39, 0.29) is 11.5 Å². The van der Waals surface area contributed by atoms with Gasteiger partial charge in [0.1, 0.15) is 17.7 Å². The third-order valence-corrected chi connectivity index (χ3v) is 4.49. The van der Waals surface area contributed by atoms with E-state index in [0.29, 0.717) is 11.3 Å². The molecule has 0 aromatic rings. The van der Waals surface area contributed by atoms with E-state index in [1.54, 1.807) is 6.26 Å². The Morgan fingerprint density at radius 2 is 2.05 bits per heavy atom. The van der Waals surface area contributed by atoms with Crippen LogP contribution in [0, 0.1) is 45.8 Å². The minimum absolute atomic E-state index is 0.0206. The summed E-state index contributed by atoms with van der Waals surface area (Å²) in [6, 6.07) is 5.82. The molecule has 0 aromatic heterocycles. The molecule has 114 valence electrons. The molecule has 1 aliphatic carbocycles. The number of thioether (sulfide) groups is 1. The molecule has 0 aliphatic heterocycles. The molecule has 0 N–H and O–H groups in total. The first-order chi connectivity index (χ1) is 10.6. The van der Waals surface area contributed by atoms with Crippen molar-refractivity contribution in [3.8, 4) is 18.2 Å². The van der Waals surface area contributed by atoms with Crippen LogP contribution >= 0.6 is 11.8 Å². The molecule has 2 atom stereocenters. The Bertz CT molecular complexity index is 601. The second kappa shape index (κ2) is 8.93. The van der Waals surface area contributed by atoms with Crippen molar-refractivity contribution in [3.63, 3.8) is 0 Å². The molecule has 0 aromatic carbocycles. The van der Waals surface area contributed by atoms with Gasteiger partial charge in [0.15, 0.2) is 5.92 Å². The Hall–Kier alpha value is -2.23. The van der Waals surface area contributed by atoms with E-state index < -0.39 is 11.9 Å². The zero-order valence-corrected chi connectivity index (χ0v) is 13.4. The number of hydrogen-bond donors (Lipinski definition) is 0. The van der Waals surface area contributed by atoms with Gasteiger partial charge in [-0.2, -0.15) is 15.8 Å². The monoisotopic (exact) mass is 315 g/mol. The third kappa shape index (κ3) is 3.91. The maximum Gasteiger partial charge on any atom is 0.323 e. The minimum Gasteiger partial charge on any atom is -0.468 e. The third-order valence-electron chi connectivity index (χ3n) is 3.65. The maximum absolute atomic E-state index is 11.9. The van der Waals surface area contributed by atoms with Crippen LogP contribution in [0.15, 0.2) is 22.1 Å². The molecule has 0 spiro atoms. The van der Waals surface area contributed by atoms with Crippen LogP contribution in [0.4, 0.5) is 0 Å². The summed E-state index contributed by atoms with van der Waals surface area (Å²) in [6.07, 6.45) is 7.04. The lowest BCUT2D eigenvalue weighted by molar-refractivity contribution is -0.144. The van der Waals surface area contributed by atoms with Crippen LogP contribution in [0.25, 0.3) is 0 Å². The number of carbonyl (C=O) groups is 1. The van der Waals surface area contributed by atoms with Crippen molar-refractivity contribution in [2.75, 3.05) is 13.4 Å².